The zero-order valence-electron chi connectivity index (χ0n) is 15.6. The van der Waals surface area contributed by atoms with Crippen LogP contribution in [0.3, 0.4) is 0 Å². The third-order valence-electron chi connectivity index (χ3n) is 5.52. The molecule has 2 saturated heterocycles. The van der Waals surface area contributed by atoms with Gasteiger partial charge in [-0.05, 0) is 48.4 Å². The van der Waals surface area contributed by atoms with Gasteiger partial charge in [0, 0.05) is 45.1 Å². The molecular weight excluding hydrogens is 359 g/mol. The van der Waals surface area contributed by atoms with E-state index in [1.807, 2.05) is 24.5 Å². The molecule has 2 amide bonds. The van der Waals surface area contributed by atoms with Crippen molar-refractivity contribution in [2.45, 2.75) is 18.9 Å². The molecular formula is C21H23FN4O2. The van der Waals surface area contributed by atoms with Gasteiger partial charge in [-0.3, -0.25) is 19.5 Å². The molecule has 1 aromatic heterocycles. The third-order valence-corrected chi connectivity index (χ3v) is 5.52. The van der Waals surface area contributed by atoms with Gasteiger partial charge in [-0.1, -0.05) is 0 Å². The summed E-state index contributed by atoms with van der Waals surface area (Å²) in [5.74, 6) is -0.814. The monoisotopic (exact) mass is 382 g/mol. The first-order chi connectivity index (χ1) is 13.6. The van der Waals surface area contributed by atoms with E-state index in [2.05, 4.69) is 14.8 Å². The van der Waals surface area contributed by atoms with Gasteiger partial charge in [0.2, 0.25) is 5.91 Å². The molecule has 2 fully saturated rings. The summed E-state index contributed by atoms with van der Waals surface area (Å²) in [6.45, 7) is 4.24. The van der Waals surface area contributed by atoms with Crippen molar-refractivity contribution in [2.24, 2.45) is 0 Å². The Hall–Kier alpha value is -2.64. The highest BCUT2D eigenvalue weighted by Crippen LogP contribution is 2.26. The number of amides is 2. The minimum absolute atomic E-state index is 0.188. The van der Waals surface area contributed by atoms with Gasteiger partial charge in [-0.2, -0.15) is 0 Å². The predicted molar refractivity (Wildman–Crippen MR) is 103 cm³/mol. The van der Waals surface area contributed by atoms with Gasteiger partial charge in [-0.25, -0.2) is 9.29 Å². The molecule has 2 aromatic rings. The first-order valence-corrected chi connectivity index (χ1v) is 9.59. The highest BCUT2D eigenvalue weighted by atomic mass is 19.1. The molecule has 0 unspecified atom stereocenters. The van der Waals surface area contributed by atoms with Crippen LogP contribution in [-0.2, 0) is 16.0 Å². The van der Waals surface area contributed by atoms with E-state index in [-0.39, 0.29) is 24.1 Å². The quantitative estimate of drug-likeness (QED) is 0.737. The van der Waals surface area contributed by atoms with Crippen molar-refractivity contribution >= 4 is 17.5 Å². The summed E-state index contributed by atoms with van der Waals surface area (Å²) in [6, 6.07) is 9.14. The summed E-state index contributed by atoms with van der Waals surface area (Å²) in [5.41, 5.74) is 1.71. The van der Waals surface area contributed by atoms with E-state index in [0.717, 1.165) is 39.1 Å². The van der Waals surface area contributed by atoms with Crippen LogP contribution in [0.4, 0.5) is 10.1 Å². The Morgan fingerprint density at radius 3 is 2.32 bits per heavy atom. The number of benzene rings is 1. The number of hydrogen-bond acceptors (Lipinski definition) is 5. The number of carbonyl (C=O) groups excluding carboxylic acids is 2. The molecule has 0 aliphatic carbocycles. The maximum absolute atomic E-state index is 13.1. The van der Waals surface area contributed by atoms with Gasteiger partial charge >= 0.3 is 0 Å². The SMILES string of the molecule is O=C1C[C@H](N2CCN(CCc3ccncc3)CC2)C(=O)N1c1ccc(F)cc1. The van der Waals surface area contributed by atoms with Crippen molar-refractivity contribution in [3.63, 3.8) is 0 Å². The lowest BCUT2D eigenvalue weighted by Crippen LogP contribution is -2.52. The van der Waals surface area contributed by atoms with Crippen molar-refractivity contribution in [3.8, 4) is 0 Å². The molecule has 146 valence electrons. The second-order valence-corrected chi connectivity index (χ2v) is 7.25. The molecule has 28 heavy (non-hydrogen) atoms. The lowest BCUT2D eigenvalue weighted by molar-refractivity contribution is -0.123. The molecule has 3 heterocycles. The van der Waals surface area contributed by atoms with Crippen molar-refractivity contribution in [2.75, 3.05) is 37.6 Å². The Morgan fingerprint density at radius 1 is 0.964 bits per heavy atom. The molecule has 0 N–H and O–H groups in total. The van der Waals surface area contributed by atoms with Crippen LogP contribution in [0.15, 0.2) is 48.8 Å². The molecule has 0 radical (unpaired) electrons. The summed E-state index contributed by atoms with van der Waals surface area (Å²) in [5, 5.41) is 0. The highest BCUT2D eigenvalue weighted by molar-refractivity contribution is 6.22. The van der Waals surface area contributed by atoms with E-state index < -0.39 is 6.04 Å². The van der Waals surface area contributed by atoms with E-state index in [4.69, 9.17) is 0 Å². The molecule has 7 heteroatoms. The number of halogens is 1. The topological polar surface area (TPSA) is 56.8 Å². The predicted octanol–water partition coefficient (Wildman–Crippen LogP) is 1.71. The summed E-state index contributed by atoms with van der Waals surface area (Å²) in [4.78, 5) is 35.0. The molecule has 0 spiro atoms. The number of aromatic nitrogens is 1. The lowest BCUT2D eigenvalue weighted by Gasteiger charge is -2.37. The Balaban J connectivity index is 1.32. The highest BCUT2D eigenvalue weighted by Gasteiger charge is 2.43. The number of carbonyl (C=O) groups is 2. The van der Waals surface area contributed by atoms with Crippen molar-refractivity contribution < 1.29 is 14.0 Å². The molecule has 2 aliphatic heterocycles. The average molecular weight is 382 g/mol. The van der Waals surface area contributed by atoms with E-state index >= 15 is 0 Å². The zero-order valence-corrected chi connectivity index (χ0v) is 15.6. The summed E-state index contributed by atoms with van der Waals surface area (Å²) in [7, 11) is 0. The number of rotatable bonds is 5. The molecule has 4 rings (SSSR count). The number of anilines is 1. The fourth-order valence-electron chi connectivity index (χ4n) is 3.90. The van der Waals surface area contributed by atoms with E-state index in [9.17, 15) is 14.0 Å². The summed E-state index contributed by atoms with van der Waals surface area (Å²) >= 11 is 0. The summed E-state index contributed by atoms with van der Waals surface area (Å²) in [6.07, 6.45) is 4.78. The average Bonchev–Trinajstić information content (AvgIpc) is 3.02. The Kier molecular flexibility index (Phi) is 5.45. The fourth-order valence-corrected chi connectivity index (χ4v) is 3.90. The van der Waals surface area contributed by atoms with Crippen LogP contribution in [0.1, 0.15) is 12.0 Å². The van der Waals surface area contributed by atoms with Gasteiger partial charge in [0.05, 0.1) is 18.2 Å². The third kappa shape index (κ3) is 3.95. The fraction of sp³-hybridized carbons (Fsp3) is 0.381. The maximum atomic E-state index is 13.1. The second-order valence-electron chi connectivity index (χ2n) is 7.25. The largest absolute Gasteiger partial charge is 0.300 e. The number of imide groups is 1. The minimum atomic E-state index is -0.417. The van der Waals surface area contributed by atoms with E-state index in [1.165, 1.54) is 34.7 Å². The Morgan fingerprint density at radius 2 is 1.64 bits per heavy atom. The van der Waals surface area contributed by atoms with Gasteiger partial charge in [0.15, 0.2) is 0 Å². The van der Waals surface area contributed by atoms with Crippen LogP contribution >= 0.6 is 0 Å². The van der Waals surface area contributed by atoms with Gasteiger partial charge in [0.1, 0.15) is 5.82 Å². The van der Waals surface area contributed by atoms with E-state index in [0.29, 0.717) is 5.69 Å². The normalized spacial score (nSPS) is 21.5. The van der Waals surface area contributed by atoms with Crippen LogP contribution in [0.2, 0.25) is 0 Å². The van der Waals surface area contributed by atoms with Gasteiger partial charge < -0.3 is 4.90 Å². The van der Waals surface area contributed by atoms with Crippen LogP contribution in [-0.4, -0.2) is 65.4 Å². The van der Waals surface area contributed by atoms with Gasteiger partial charge in [-0.15, -0.1) is 0 Å². The standard InChI is InChI=1S/C21H23FN4O2/c22-17-1-3-18(4-2-17)26-20(27)15-19(21(26)28)25-13-11-24(12-14-25)10-7-16-5-8-23-9-6-16/h1-6,8-9,19H,7,10-15H2/t19-/m0/s1. The molecule has 6 nitrogen and oxygen atoms in total. The van der Waals surface area contributed by atoms with Crippen LogP contribution in [0, 0.1) is 5.82 Å². The Bertz CT molecular complexity index is 835. The second kappa shape index (κ2) is 8.16. The van der Waals surface area contributed by atoms with Crippen molar-refractivity contribution in [1.29, 1.82) is 0 Å². The molecule has 0 bridgehead atoms. The zero-order chi connectivity index (χ0) is 19.5. The van der Waals surface area contributed by atoms with E-state index in [1.54, 1.807) is 0 Å². The number of piperazine rings is 1. The van der Waals surface area contributed by atoms with Crippen LogP contribution in [0.5, 0.6) is 0 Å². The molecule has 1 aromatic carbocycles. The smallest absolute Gasteiger partial charge is 0.251 e. The first kappa shape index (κ1) is 18.7. The van der Waals surface area contributed by atoms with Gasteiger partial charge in [0.25, 0.3) is 5.91 Å². The van der Waals surface area contributed by atoms with Crippen LogP contribution in [0.25, 0.3) is 0 Å². The number of hydrogen-bond donors (Lipinski definition) is 0. The maximum Gasteiger partial charge on any atom is 0.251 e. The molecule has 1 atom stereocenters. The molecule has 2 aliphatic rings. The van der Waals surface area contributed by atoms with Crippen molar-refractivity contribution in [1.82, 2.24) is 14.8 Å². The molecule has 0 saturated carbocycles. The number of nitrogens with zero attached hydrogens (tertiary/aromatic N) is 4. The Labute approximate surface area is 163 Å². The first-order valence-electron chi connectivity index (χ1n) is 9.59. The summed E-state index contributed by atoms with van der Waals surface area (Å²) < 4.78 is 13.1. The van der Waals surface area contributed by atoms with Crippen LogP contribution < -0.4 is 4.90 Å². The lowest BCUT2D eigenvalue weighted by atomic mass is 10.1. The minimum Gasteiger partial charge on any atom is -0.300 e. The number of pyridine rings is 1. The van der Waals surface area contributed by atoms with Crippen molar-refractivity contribution in [3.05, 3.63) is 60.2 Å².